The van der Waals surface area contributed by atoms with Gasteiger partial charge in [0.1, 0.15) is 0 Å². The lowest BCUT2D eigenvalue weighted by molar-refractivity contribution is 0.0642. The maximum atomic E-state index is 5.63. The summed E-state index contributed by atoms with van der Waals surface area (Å²) >= 11 is 0. The van der Waals surface area contributed by atoms with Crippen LogP contribution in [-0.2, 0) is 16.0 Å². The molecule has 0 spiro atoms. The van der Waals surface area contributed by atoms with Crippen LogP contribution in [0.25, 0.3) is 0 Å². The lowest BCUT2D eigenvalue weighted by atomic mass is 10.2. The molecule has 0 saturated carbocycles. The fraction of sp³-hybridized carbons (Fsp3) is 0.688. The van der Waals surface area contributed by atoms with Gasteiger partial charge in [-0.15, -0.1) is 0 Å². The summed E-state index contributed by atoms with van der Waals surface area (Å²) in [5, 5.41) is 3.37. The average Bonchev–Trinajstić information content (AvgIpc) is 2.46. The Morgan fingerprint density at radius 2 is 2.00 bits per heavy atom. The van der Waals surface area contributed by atoms with E-state index < -0.39 is 0 Å². The number of methoxy groups -OCH3 is 1. The van der Waals surface area contributed by atoms with Crippen LogP contribution in [0.4, 0.5) is 0 Å². The molecule has 0 aromatic carbocycles. The van der Waals surface area contributed by atoms with Gasteiger partial charge in [-0.1, -0.05) is 19.9 Å². The van der Waals surface area contributed by atoms with Gasteiger partial charge >= 0.3 is 0 Å². The summed E-state index contributed by atoms with van der Waals surface area (Å²) in [6, 6.07) is 5.87. The fourth-order valence-electron chi connectivity index (χ4n) is 1.71. The Hall–Kier alpha value is -1.17. The summed E-state index contributed by atoms with van der Waals surface area (Å²) < 4.78 is 15.9. The molecule has 0 aliphatic rings. The van der Waals surface area contributed by atoms with E-state index in [1.165, 1.54) is 0 Å². The Morgan fingerprint density at radius 1 is 1.14 bits per heavy atom. The Kier molecular flexibility index (Phi) is 9.78. The molecule has 0 saturated heterocycles. The third-order valence-corrected chi connectivity index (χ3v) is 2.75. The topological polar surface area (TPSA) is 52.6 Å². The molecule has 1 aromatic heterocycles. The molecule has 0 amide bonds. The SMILES string of the molecule is COCCOCCCOc1cccc(CNCC(C)C)n1. The largest absolute Gasteiger partial charge is 0.478 e. The lowest BCUT2D eigenvalue weighted by Gasteiger charge is -2.09. The molecule has 0 radical (unpaired) electrons. The molecule has 5 heteroatoms. The molecular weight excluding hydrogens is 268 g/mol. The summed E-state index contributed by atoms with van der Waals surface area (Å²) in [5.41, 5.74) is 1.00. The van der Waals surface area contributed by atoms with Crippen molar-refractivity contribution in [2.24, 2.45) is 5.92 Å². The predicted molar refractivity (Wildman–Crippen MR) is 83.6 cm³/mol. The molecule has 0 bridgehead atoms. The van der Waals surface area contributed by atoms with Gasteiger partial charge in [0.15, 0.2) is 0 Å². The van der Waals surface area contributed by atoms with E-state index in [1.807, 2.05) is 18.2 Å². The number of nitrogens with one attached hydrogen (secondary N) is 1. The van der Waals surface area contributed by atoms with Gasteiger partial charge in [0.2, 0.25) is 5.88 Å². The van der Waals surface area contributed by atoms with Crippen molar-refractivity contribution in [1.82, 2.24) is 10.3 Å². The van der Waals surface area contributed by atoms with Crippen molar-refractivity contribution in [2.75, 3.05) is 40.1 Å². The van der Waals surface area contributed by atoms with Crippen molar-refractivity contribution in [3.63, 3.8) is 0 Å². The van der Waals surface area contributed by atoms with Crippen LogP contribution in [0.3, 0.4) is 0 Å². The Bertz CT molecular complexity index is 372. The van der Waals surface area contributed by atoms with Gasteiger partial charge in [-0.05, 0) is 18.5 Å². The van der Waals surface area contributed by atoms with Gasteiger partial charge < -0.3 is 19.5 Å². The summed E-state index contributed by atoms with van der Waals surface area (Å²) in [7, 11) is 1.67. The van der Waals surface area contributed by atoms with Crippen LogP contribution in [0.1, 0.15) is 26.0 Å². The first-order valence-electron chi connectivity index (χ1n) is 7.58. The van der Waals surface area contributed by atoms with Crippen molar-refractivity contribution in [1.29, 1.82) is 0 Å². The van der Waals surface area contributed by atoms with Gasteiger partial charge in [-0.25, -0.2) is 4.98 Å². The summed E-state index contributed by atoms with van der Waals surface area (Å²) in [6.07, 6.45) is 0.848. The molecule has 0 unspecified atom stereocenters. The lowest BCUT2D eigenvalue weighted by Crippen LogP contribution is -2.19. The number of pyridine rings is 1. The molecule has 1 aromatic rings. The molecule has 0 atom stereocenters. The van der Waals surface area contributed by atoms with Gasteiger partial charge in [-0.3, -0.25) is 0 Å². The van der Waals surface area contributed by atoms with Crippen LogP contribution < -0.4 is 10.1 Å². The minimum atomic E-state index is 0.614. The first-order chi connectivity index (χ1) is 10.2. The number of ether oxygens (including phenoxy) is 3. The third-order valence-electron chi connectivity index (χ3n) is 2.75. The van der Waals surface area contributed by atoms with Crippen LogP contribution in [0.5, 0.6) is 5.88 Å². The normalized spacial score (nSPS) is 11.0. The van der Waals surface area contributed by atoms with Crippen molar-refractivity contribution < 1.29 is 14.2 Å². The van der Waals surface area contributed by atoms with Crippen LogP contribution in [0.15, 0.2) is 18.2 Å². The highest BCUT2D eigenvalue weighted by Crippen LogP contribution is 2.08. The van der Waals surface area contributed by atoms with Crippen LogP contribution in [0, 0.1) is 5.92 Å². The highest BCUT2D eigenvalue weighted by molar-refractivity contribution is 5.15. The zero-order chi connectivity index (χ0) is 15.3. The standard InChI is InChI=1S/C16H28N2O3/c1-14(2)12-17-13-15-6-4-7-16(18-15)21-9-5-8-20-11-10-19-3/h4,6-7,14,17H,5,8-13H2,1-3H3. The van der Waals surface area contributed by atoms with Gasteiger partial charge in [0, 0.05) is 32.7 Å². The average molecular weight is 296 g/mol. The van der Waals surface area contributed by atoms with Crippen molar-refractivity contribution in [2.45, 2.75) is 26.8 Å². The monoisotopic (exact) mass is 296 g/mol. The first kappa shape index (κ1) is 17.9. The molecule has 1 rings (SSSR count). The van der Waals surface area contributed by atoms with Crippen LogP contribution in [-0.4, -0.2) is 45.1 Å². The predicted octanol–water partition coefficient (Wildman–Crippen LogP) is 2.26. The molecule has 0 aliphatic carbocycles. The third kappa shape index (κ3) is 9.39. The molecular formula is C16H28N2O3. The number of aromatic nitrogens is 1. The van der Waals surface area contributed by atoms with E-state index in [0.29, 0.717) is 38.2 Å². The molecule has 120 valence electrons. The smallest absolute Gasteiger partial charge is 0.213 e. The Labute approximate surface area is 128 Å². The number of hydrogen-bond acceptors (Lipinski definition) is 5. The van der Waals surface area contributed by atoms with Crippen molar-refractivity contribution in [3.05, 3.63) is 23.9 Å². The maximum absolute atomic E-state index is 5.63. The van der Waals surface area contributed by atoms with Crippen LogP contribution >= 0.6 is 0 Å². The number of nitrogens with zero attached hydrogens (tertiary/aromatic N) is 1. The second-order valence-corrected chi connectivity index (χ2v) is 5.30. The maximum Gasteiger partial charge on any atom is 0.213 e. The van der Waals surface area contributed by atoms with E-state index in [1.54, 1.807) is 7.11 Å². The Morgan fingerprint density at radius 3 is 2.76 bits per heavy atom. The minimum absolute atomic E-state index is 0.614. The highest BCUT2D eigenvalue weighted by atomic mass is 16.5. The zero-order valence-electron chi connectivity index (χ0n) is 13.4. The van der Waals surface area contributed by atoms with E-state index >= 15 is 0 Å². The van der Waals surface area contributed by atoms with Crippen LogP contribution in [0.2, 0.25) is 0 Å². The molecule has 21 heavy (non-hydrogen) atoms. The van der Waals surface area contributed by atoms with E-state index in [2.05, 4.69) is 24.1 Å². The summed E-state index contributed by atoms with van der Waals surface area (Å²) in [5.74, 6) is 1.32. The van der Waals surface area contributed by atoms with Gasteiger partial charge in [0.05, 0.1) is 25.5 Å². The fourth-order valence-corrected chi connectivity index (χ4v) is 1.71. The quantitative estimate of drug-likeness (QED) is 0.600. The highest BCUT2D eigenvalue weighted by Gasteiger charge is 2.00. The van der Waals surface area contributed by atoms with Crippen molar-refractivity contribution in [3.8, 4) is 5.88 Å². The molecule has 1 heterocycles. The molecule has 0 aliphatic heterocycles. The second-order valence-electron chi connectivity index (χ2n) is 5.30. The summed E-state index contributed by atoms with van der Waals surface area (Å²) in [6.45, 7) is 8.70. The Balaban J connectivity index is 2.17. The van der Waals surface area contributed by atoms with E-state index in [-0.39, 0.29) is 0 Å². The number of rotatable bonds is 12. The first-order valence-corrected chi connectivity index (χ1v) is 7.58. The summed E-state index contributed by atoms with van der Waals surface area (Å²) in [4.78, 5) is 4.47. The second kappa shape index (κ2) is 11.5. The van der Waals surface area contributed by atoms with Gasteiger partial charge in [0.25, 0.3) is 0 Å². The molecule has 0 fully saturated rings. The van der Waals surface area contributed by atoms with Crippen molar-refractivity contribution >= 4 is 0 Å². The molecule has 1 N–H and O–H groups in total. The number of hydrogen-bond donors (Lipinski definition) is 1. The minimum Gasteiger partial charge on any atom is -0.478 e. The van der Waals surface area contributed by atoms with E-state index in [4.69, 9.17) is 14.2 Å². The van der Waals surface area contributed by atoms with Gasteiger partial charge in [-0.2, -0.15) is 0 Å². The zero-order valence-corrected chi connectivity index (χ0v) is 13.4. The molecule has 5 nitrogen and oxygen atoms in total. The van der Waals surface area contributed by atoms with E-state index in [0.717, 1.165) is 25.2 Å². The van der Waals surface area contributed by atoms with E-state index in [9.17, 15) is 0 Å².